The Kier molecular flexibility index (Phi) is 6.06. The minimum absolute atomic E-state index is 0.0463. The minimum Gasteiger partial charge on any atom is -0.455 e. The van der Waals surface area contributed by atoms with Crippen LogP contribution in [-0.2, 0) is 29.8 Å². The van der Waals surface area contributed by atoms with Crippen LogP contribution in [0.3, 0.4) is 0 Å². The van der Waals surface area contributed by atoms with Crippen molar-refractivity contribution in [2.24, 2.45) is 11.8 Å². The maximum Gasteiger partial charge on any atom is 0.309 e. The number of rotatable bonds is 5. The molecule has 2 aliphatic rings. The second-order valence-electron chi connectivity index (χ2n) is 8.99. The average Bonchev–Trinajstić information content (AvgIpc) is 3.42. The Balaban J connectivity index is 1.53. The molecule has 0 radical (unpaired) electrons. The van der Waals surface area contributed by atoms with E-state index in [-0.39, 0.29) is 60.9 Å². The summed E-state index contributed by atoms with van der Waals surface area (Å²) in [7, 11) is -3.60. The Bertz CT molecular complexity index is 865. The van der Waals surface area contributed by atoms with Crippen LogP contribution in [0.4, 0.5) is 0 Å². The highest BCUT2D eigenvalue weighted by atomic mass is 32.2. The van der Waals surface area contributed by atoms with Crippen molar-refractivity contribution in [3.8, 4) is 0 Å². The third-order valence-electron chi connectivity index (χ3n) is 5.70. The summed E-state index contributed by atoms with van der Waals surface area (Å²) in [5.41, 5.74) is 1.02. The topological polar surface area (TPSA) is 84.0 Å². The molecule has 160 valence electrons. The van der Waals surface area contributed by atoms with E-state index in [1.165, 1.54) is 4.31 Å². The van der Waals surface area contributed by atoms with E-state index in [0.717, 1.165) is 12.0 Å². The number of esters is 1. The maximum atomic E-state index is 12.9. The van der Waals surface area contributed by atoms with E-state index in [2.05, 4.69) is 20.8 Å². The van der Waals surface area contributed by atoms with Gasteiger partial charge in [0, 0.05) is 26.2 Å². The summed E-state index contributed by atoms with van der Waals surface area (Å²) in [6, 6.07) is 6.99. The summed E-state index contributed by atoms with van der Waals surface area (Å²) in [5, 5.41) is 0. The Labute approximate surface area is 173 Å². The molecule has 1 amide bonds. The lowest BCUT2D eigenvalue weighted by Crippen LogP contribution is -2.51. The molecule has 7 nitrogen and oxygen atoms in total. The van der Waals surface area contributed by atoms with E-state index in [9.17, 15) is 18.0 Å². The van der Waals surface area contributed by atoms with Crippen molar-refractivity contribution in [3.05, 3.63) is 29.8 Å². The fourth-order valence-corrected chi connectivity index (χ4v) is 4.86. The quantitative estimate of drug-likeness (QED) is 0.678. The lowest BCUT2D eigenvalue weighted by Gasteiger charge is -2.34. The predicted octanol–water partition coefficient (Wildman–Crippen LogP) is 2.02. The highest BCUT2D eigenvalue weighted by molar-refractivity contribution is 7.89. The normalized spacial score (nSPS) is 23.0. The predicted molar refractivity (Wildman–Crippen MR) is 109 cm³/mol. The number of hydrogen-bond acceptors (Lipinski definition) is 5. The largest absolute Gasteiger partial charge is 0.455 e. The van der Waals surface area contributed by atoms with Crippen LogP contribution in [0.5, 0.6) is 0 Å². The van der Waals surface area contributed by atoms with Crippen LogP contribution in [0.15, 0.2) is 29.2 Å². The van der Waals surface area contributed by atoms with E-state index >= 15 is 0 Å². The van der Waals surface area contributed by atoms with Crippen LogP contribution >= 0.6 is 0 Å². The fraction of sp³-hybridized carbons (Fsp3) is 0.619. The number of carbonyl (C=O) groups is 2. The number of piperazine rings is 1. The van der Waals surface area contributed by atoms with Crippen molar-refractivity contribution in [1.29, 1.82) is 0 Å². The van der Waals surface area contributed by atoms with Gasteiger partial charge in [0.25, 0.3) is 5.91 Å². The van der Waals surface area contributed by atoms with Gasteiger partial charge < -0.3 is 9.64 Å². The summed E-state index contributed by atoms with van der Waals surface area (Å²) in [6.45, 7) is 8.96. The molecule has 1 aliphatic carbocycles. The zero-order valence-electron chi connectivity index (χ0n) is 17.6. The van der Waals surface area contributed by atoms with Gasteiger partial charge in [-0.05, 0) is 35.4 Å². The summed E-state index contributed by atoms with van der Waals surface area (Å²) in [5.74, 6) is -0.331. The van der Waals surface area contributed by atoms with Crippen LogP contribution in [0.25, 0.3) is 0 Å². The molecule has 2 fully saturated rings. The molecular weight excluding hydrogens is 392 g/mol. The summed E-state index contributed by atoms with van der Waals surface area (Å²) in [4.78, 5) is 25.8. The molecule has 1 saturated carbocycles. The Morgan fingerprint density at radius 3 is 2.10 bits per heavy atom. The van der Waals surface area contributed by atoms with Gasteiger partial charge in [-0.25, -0.2) is 8.42 Å². The van der Waals surface area contributed by atoms with E-state index in [1.807, 2.05) is 19.1 Å². The minimum atomic E-state index is -3.60. The number of benzene rings is 1. The first-order chi connectivity index (χ1) is 13.5. The molecule has 1 aromatic carbocycles. The maximum absolute atomic E-state index is 12.9. The van der Waals surface area contributed by atoms with Gasteiger partial charge >= 0.3 is 5.97 Å². The third kappa shape index (κ3) is 4.98. The smallest absolute Gasteiger partial charge is 0.309 e. The van der Waals surface area contributed by atoms with E-state index in [4.69, 9.17) is 4.74 Å². The number of amides is 1. The molecular formula is C21H30N2O5S. The Hall–Kier alpha value is -1.93. The van der Waals surface area contributed by atoms with Gasteiger partial charge in [-0.2, -0.15) is 4.31 Å². The zero-order valence-corrected chi connectivity index (χ0v) is 18.4. The molecule has 0 spiro atoms. The molecule has 29 heavy (non-hydrogen) atoms. The third-order valence-corrected chi connectivity index (χ3v) is 7.61. The Morgan fingerprint density at radius 1 is 1.07 bits per heavy atom. The van der Waals surface area contributed by atoms with Crippen molar-refractivity contribution < 1.29 is 22.7 Å². The summed E-state index contributed by atoms with van der Waals surface area (Å²) >= 11 is 0. The van der Waals surface area contributed by atoms with Gasteiger partial charge in [-0.1, -0.05) is 39.8 Å². The molecule has 0 unspecified atom stereocenters. The molecule has 1 heterocycles. The number of hydrogen-bond donors (Lipinski definition) is 0. The van der Waals surface area contributed by atoms with Gasteiger partial charge in [-0.15, -0.1) is 0 Å². The molecule has 1 aromatic rings. The number of sulfonamides is 1. The molecule has 2 atom stereocenters. The van der Waals surface area contributed by atoms with E-state index in [0.29, 0.717) is 5.92 Å². The van der Waals surface area contributed by atoms with Crippen LogP contribution in [0.1, 0.15) is 39.7 Å². The van der Waals surface area contributed by atoms with Gasteiger partial charge in [0.1, 0.15) is 0 Å². The molecule has 0 N–H and O–H groups in total. The van der Waals surface area contributed by atoms with Crippen LogP contribution in [0.2, 0.25) is 0 Å². The summed E-state index contributed by atoms with van der Waals surface area (Å²) < 4.78 is 32.3. The number of ether oxygens (including phenoxy) is 1. The van der Waals surface area contributed by atoms with E-state index < -0.39 is 10.0 Å². The van der Waals surface area contributed by atoms with Crippen molar-refractivity contribution in [3.63, 3.8) is 0 Å². The van der Waals surface area contributed by atoms with Crippen LogP contribution in [-0.4, -0.2) is 62.3 Å². The lowest BCUT2D eigenvalue weighted by atomic mass is 9.87. The standard InChI is InChI=1S/C21H30N2O5S/c1-15-13-18(15)20(25)28-14-19(24)22-9-11-23(12-10-22)29(26,27)17-7-5-16(6-8-17)21(2,3)4/h5-8,15,18H,9-14H2,1-4H3/t15-,18+/m1/s1. The van der Waals surface area contributed by atoms with Gasteiger partial charge in [0.2, 0.25) is 10.0 Å². The first kappa shape index (κ1) is 21.8. The highest BCUT2D eigenvalue weighted by Crippen LogP contribution is 2.38. The van der Waals surface area contributed by atoms with Crippen LogP contribution in [0, 0.1) is 11.8 Å². The average molecular weight is 423 g/mol. The number of nitrogens with zero attached hydrogens (tertiary/aromatic N) is 2. The van der Waals surface area contributed by atoms with E-state index in [1.54, 1.807) is 17.0 Å². The molecule has 1 aliphatic heterocycles. The lowest BCUT2D eigenvalue weighted by molar-refractivity contribution is -0.153. The Morgan fingerprint density at radius 2 is 1.62 bits per heavy atom. The van der Waals surface area contributed by atoms with Gasteiger partial charge in [0.05, 0.1) is 10.8 Å². The molecule has 0 bridgehead atoms. The SMILES string of the molecule is C[C@@H]1C[C@@H]1C(=O)OCC(=O)N1CCN(S(=O)(=O)c2ccc(C(C)(C)C)cc2)CC1. The van der Waals surface area contributed by atoms with Gasteiger partial charge in [0.15, 0.2) is 6.61 Å². The van der Waals surface area contributed by atoms with Crippen molar-refractivity contribution in [1.82, 2.24) is 9.21 Å². The first-order valence-electron chi connectivity index (χ1n) is 10.1. The summed E-state index contributed by atoms with van der Waals surface area (Å²) in [6.07, 6.45) is 0.820. The van der Waals surface area contributed by atoms with Crippen LogP contribution < -0.4 is 0 Å². The fourth-order valence-electron chi connectivity index (χ4n) is 3.44. The first-order valence-corrected chi connectivity index (χ1v) is 11.5. The molecule has 1 saturated heterocycles. The van der Waals surface area contributed by atoms with Gasteiger partial charge in [-0.3, -0.25) is 9.59 Å². The second kappa shape index (κ2) is 8.07. The molecule has 8 heteroatoms. The molecule has 3 rings (SSSR count). The number of carbonyl (C=O) groups excluding carboxylic acids is 2. The second-order valence-corrected chi connectivity index (χ2v) is 10.9. The zero-order chi connectivity index (χ0) is 21.4. The monoisotopic (exact) mass is 422 g/mol. The van der Waals surface area contributed by atoms with Crippen molar-refractivity contribution in [2.45, 2.75) is 44.4 Å². The highest BCUT2D eigenvalue weighted by Gasteiger charge is 2.41. The van der Waals surface area contributed by atoms with Crippen molar-refractivity contribution >= 4 is 21.9 Å². The van der Waals surface area contributed by atoms with Crippen molar-refractivity contribution in [2.75, 3.05) is 32.8 Å². The molecule has 0 aromatic heterocycles.